The monoisotopic (exact) mass is 266 g/mol. The maximum atomic E-state index is 2.33. The zero-order valence-electron chi connectivity index (χ0n) is 12.8. The maximum Gasteiger partial charge on any atom is -0.0162 e. The van der Waals surface area contributed by atoms with E-state index in [0.717, 1.165) is 5.92 Å². The second-order valence-electron chi connectivity index (χ2n) is 5.62. The molecule has 2 aromatic carbocycles. The van der Waals surface area contributed by atoms with E-state index in [2.05, 4.69) is 68.4 Å². The van der Waals surface area contributed by atoms with Gasteiger partial charge in [-0.2, -0.15) is 0 Å². The summed E-state index contributed by atoms with van der Waals surface area (Å²) in [6, 6.07) is 19.8. The van der Waals surface area contributed by atoms with Gasteiger partial charge < -0.3 is 0 Å². The molecule has 0 saturated heterocycles. The summed E-state index contributed by atoms with van der Waals surface area (Å²) in [4.78, 5) is 0. The normalized spacial score (nSPS) is 12.3. The van der Waals surface area contributed by atoms with E-state index in [1.165, 1.54) is 48.8 Å². The van der Waals surface area contributed by atoms with Crippen molar-refractivity contribution < 1.29 is 0 Å². The van der Waals surface area contributed by atoms with Crippen molar-refractivity contribution >= 4 is 0 Å². The first kappa shape index (κ1) is 14.8. The van der Waals surface area contributed by atoms with E-state index in [1.807, 2.05) is 0 Å². The Balaban J connectivity index is 2.13. The highest BCUT2D eigenvalue weighted by atomic mass is 14.1. The molecule has 106 valence electrons. The molecule has 0 N–H and O–H groups in total. The van der Waals surface area contributed by atoms with Crippen LogP contribution >= 0.6 is 0 Å². The van der Waals surface area contributed by atoms with E-state index >= 15 is 0 Å². The van der Waals surface area contributed by atoms with Crippen LogP contribution in [0.1, 0.15) is 57.4 Å². The van der Waals surface area contributed by atoms with E-state index in [1.54, 1.807) is 0 Å². The number of benzene rings is 2. The van der Waals surface area contributed by atoms with Crippen molar-refractivity contribution in [2.24, 2.45) is 0 Å². The van der Waals surface area contributed by atoms with Crippen LogP contribution in [0.2, 0.25) is 0 Å². The first-order chi connectivity index (χ1) is 9.85. The molecule has 1 unspecified atom stereocenters. The quantitative estimate of drug-likeness (QED) is 0.542. The van der Waals surface area contributed by atoms with Crippen molar-refractivity contribution in [3.05, 3.63) is 60.2 Å². The molecule has 0 aromatic heterocycles. The third-order valence-electron chi connectivity index (χ3n) is 4.03. The highest BCUT2D eigenvalue weighted by Crippen LogP contribution is 2.29. The fourth-order valence-electron chi connectivity index (χ4n) is 2.85. The fraction of sp³-hybridized carbons (Fsp3) is 0.400. The molecule has 0 aliphatic heterocycles. The Morgan fingerprint density at radius 3 is 1.95 bits per heavy atom. The Hall–Kier alpha value is -1.56. The summed E-state index contributed by atoms with van der Waals surface area (Å²) in [5.41, 5.74) is 4.14. The standard InChI is InChI=1S/C20H26/c1-3-5-10-17(9-4-2)19-13-15-20(16-14-19)18-11-7-6-8-12-18/h6-8,11-17H,3-5,9-10H2,1-2H3. The van der Waals surface area contributed by atoms with Crippen LogP contribution in [0.15, 0.2) is 54.6 Å². The smallest absolute Gasteiger partial charge is 0.0162 e. The summed E-state index contributed by atoms with van der Waals surface area (Å²) in [6.07, 6.45) is 6.54. The third-order valence-corrected chi connectivity index (χ3v) is 4.03. The lowest BCUT2D eigenvalue weighted by Crippen LogP contribution is -1.98. The molecule has 1 atom stereocenters. The predicted octanol–water partition coefficient (Wildman–Crippen LogP) is 6.43. The van der Waals surface area contributed by atoms with Crippen LogP contribution in [0.5, 0.6) is 0 Å². The van der Waals surface area contributed by atoms with Crippen LogP contribution in [0.3, 0.4) is 0 Å². The maximum absolute atomic E-state index is 2.33. The molecule has 2 aromatic rings. The van der Waals surface area contributed by atoms with Crippen LogP contribution in [-0.4, -0.2) is 0 Å². The van der Waals surface area contributed by atoms with Crippen molar-refractivity contribution in [2.75, 3.05) is 0 Å². The van der Waals surface area contributed by atoms with Gasteiger partial charge in [-0.3, -0.25) is 0 Å². The first-order valence-electron chi connectivity index (χ1n) is 8.00. The largest absolute Gasteiger partial charge is 0.0654 e. The minimum atomic E-state index is 0.741. The van der Waals surface area contributed by atoms with Gasteiger partial charge in [0.25, 0.3) is 0 Å². The Morgan fingerprint density at radius 1 is 0.700 bits per heavy atom. The van der Waals surface area contributed by atoms with Gasteiger partial charge in [-0.1, -0.05) is 87.7 Å². The molecule has 0 aliphatic carbocycles. The van der Waals surface area contributed by atoms with Crippen LogP contribution in [0, 0.1) is 0 Å². The molecule has 0 amide bonds. The minimum absolute atomic E-state index is 0.741. The molecular weight excluding hydrogens is 240 g/mol. The van der Waals surface area contributed by atoms with Crippen LogP contribution in [-0.2, 0) is 0 Å². The molecule has 0 saturated carbocycles. The van der Waals surface area contributed by atoms with Crippen molar-refractivity contribution in [1.82, 2.24) is 0 Å². The van der Waals surface area contributed by atoms with Gasteiger partial charge in [-0.05, 0) is 35.4 Å². The van der Waals surface area contributed by atoms with E-state index in [-0.39, 0.29) is 0 Å². The van der Waals surface area contributed by atoms with Gasteiger partial charge in [0.15, 0.2) is 0 Å². The molecule has 0 heterocycles. The van der Waals surface area contributed by atoms with Crippen molar-refractivity contribution in [3.63, 3.8) is 0 Å². The molecule has 0 nitrogen and oxygen atoms in total. The Bertz CT molecular complexity index is 481. The molecule has 0 spiro atoms. The summed E-state index contributed by atoms with van der Waals surface area (Å²) in [5.74, 6) is 0.741. The molecule has 2 rings (SSSR count). The van der Waals surface area contributed by atoms with Crippen LogP contribution in [0.25, 0.3) is 11.1 Å². The van der Waals surface area contributed by atoms with Crippen molar-refractivity contribution in [3.8, 4) is 11.1 Å². The zero-order chi connectivity index (χ0) is 14.2. The highest BCUT2D eigenvalue weighted by Gasteiger charge is 2.10. The summed E-state index contributed by atoms with van der Waals surface area (Å²) in [6.45, 7) is 4.57. The van der Waals surface area contributed by atoms with Gasteiger partial charge >= 0.3 is 0 Å². The first-order valence-corrected chi connectivity index (χ1v) is 8.00. The predicted molar refractivity (Wildman–Crippen MR) is 89.1 cm³/mol. The Labute approximate surface area is 123 Å². The van der Waals surface area contributed by atoms with E-state index < -0.39 is 0 Å². The van der Waals surface area contributed by atoms with E-state index in [0.29, 0.717) is 0 Å². The molecule has 0 heteroatoms. The lowest BCUT2D eigenvalue weighted by Gasteiger charge is -2.16. The van der Waals surface area contributed by atoms with E-state index in [4.69, 9.17) is 0 Å². The summed E-state index contributed by atoms with van der Waals surface area (Å²) in [7, 11) is 0. The Kier molecular flexibility index (Phi) is 5.86. The second kappa shape index (κ2) is 7.89. The highest BCUT2D eigenvalue weighted by molar-refractivity contribution is 5.63. The SMILES string of the molecule is CCCCC(CCC)c1ccc(-c2ccccc2)cc1. The Morgan fingerprint density at radius 2 is 1.35 bits per heavy atom. The molecule has 0 fully saturated rings. The van der Waals surface area contributed by atoms with Gasteiger partial charge in [0.1, 0.15) is 0 Å². The molecule has 0 bridgehead atoms. The van der Waals surface area contributed by atoms with Crippen molar-refractivity contribution in [2.45, 2.75) is 51.9 Å². The van der Waals surface area contributed by atoms with Crippen LogP contribution in [0.4, 0.5) is 0 Å². The lowest BCUT2D eigenvalue weighted by molar-refractivity contribution is 0.541. The molecular formula is C20H26. The minimum Gasteiger partial charge on any atom is -0.0654 e. The van der Waals surface area contributed by atoms with Gasteiger partial charge in [-0.15, -0.1) is 0 Å². The molecule has 20 heavy (non-hydrogen) atoms. The van der Waals surface area contributed by atoms with Gasteiger partial charge in [0.2, 0.25) is 0 Å². The van der Waals surface area contributed by atoms with Crippen molar-refractivity contribution in [1.29, 1.82) is 0 Å². The second-order valence-corrected chi connectivity index (χ2v) is 5.62. The van der Waals surface area contributed by atoms with Crippen LogP contribution < -0.4 is 0 Å². The zero-order valence-corrected chi connectivity index (χ0v) is 12.8. The third kappa shape index (κ3) is 3.96. The number of rotatable bonds is 7. The average molecular weight is 266 g/mol. The summed E-state index contributed by atoms with van der Waals surface area (Å²) in [5, 5.41) is 0. The van der Waals surface area contributed by atoms with Gasteiger partial charge in [0.05, 0.1) is 0 Å². The van der Waals surface area contributed by atoms with Gasteiger partial charge in [0, 0.05) is 0 Å². The van der Waals surface area contributed by atoms with E-state index in [9.17, 15) is 0 Å². The number of hydrogen-bond donors (Lipinski definition) is 0. The molecule has 0 radical (unpaired) electrons. The topological polar surface area (TPSA) is 0 Å². The average Bonchev–Trinajstić information content (AvgIpc) is 2.52. The van der Waals surface area contributed by atoms with Gasteiger partial charge in [-0.25, -0.2) is 0 Å². The number of unbranched alkanes of at least 4 members (excludes halogenated alkanes) is 1. The summed E-state index contributed by atoms with van der Waals surface area (Å²) >= 11 is 0. The summed E-state index contributed by atoms with van der Waals surface area (Å²) < 4.78 is 0. The number of hydrogen-bond acceptors (Lipinski definition) is 0. The lowest BCUT2D eigenvalue weighted by atomic mass is 9.89. The molecule has 0 aliphatic rings. The fourth-order valence-corrected chi connectivity index (χ4v) is 2.85.